The summed E-state index contributed by atoms with van der Waals surface area (Å²) < 4.78 is 35.5. The fourth-order valence-electron chi connectivity index (χ4n) is 4.17. The molecule has 0 spiro atoms. The molecule has 0 bridgehead atoms. The van der Waals surface area contributed by atoms with Crippen molar-refractivity contribution in [3.63, 3.8) is 0 Å². The Bertz CT molecular complexity index is 1140. The molecule has 0 radical (unpaired) electrons. The van der Waals surface area contributed by atoms with Crippen LogP contribution in [0.2, 0.25) is 10.0 Å². The summed E-state index contributed by atoms with van der Waals surface area (Å²) in [4.78, 5) is 17.1. The minimum atomic E-state index is -3.88. The second-order valence-electron chi connectivity index (χ2n) is 8.43. The summed E-state index contributed by atoms with van der Waals surface area (Å²) in [5, 5.41) is 10.1. The molecule has 8 nitrogen and oxygen atoms in total. The molecule has 2 aromatic rings. The summed E-state index contributed by atoms with van der Waals surface area (Å²) in [5.41, 5.74) is 0.948. The smallest absolute Gasteiger partial charge is 0.304 e. The Morgan fingerprint density at radius 1 is 1.27 bits per heavy atom. The predicted molar refractivity (Wildman–Crippen MR) is 126 cm³/mol. The number of aromatic nitrogens is 1. The number of ketones is 1. The van der Waals surface area contributed by atoms with E-state index in [2.05, 4.69) is 4.98 Å². The van der Waals surface area contributed by atoms with Crippen LogP contribution in [0, 0.1) is 5.92 Å². The van der Waals surface area contributed by atoms with Gasteiger partial charge in [0.2, 0.25) is 5.88 Å². The lowest BCUT2D eigenvalue weighted by Gasteiger charge is -2.39. The number of hydrogen-bond donors (Lipinski definition) is 1. The Morgan fingerprint density at radius 2 is 2.00 bits per heavy atom. The first-order valence-corrected chi connectivity index (χ1v) is 12.9. The Balaban J connectivity index is 1.67. The summed E-state index contributed by atoms with van der Waals surface area (Å²) >= 11 is 12.3. The molecule has 178 valence electrons. The number of rotatable bonds is 6. The van der Waals surface area contributed by atoms with E-state index < -0.39 is 16.3 Å². The van der Waals surface area contributed by atoms with Gasteiger partial charge in [0.25, 0.3) is 0 Å². The molecular formula is C22H25Cl2N3O5S. The van der Waals surface area contributed by atoms with E-state index in [1.807, 2.05) is 6.92 Å². The fourth-order valence-corrected chi connectivity index (χ4v) is 6.60. The van der Waals surface area contributed by atoms with Gasteiger partial charge in [0.1, 0.15) is 11.8 Å². The third-order valence-corrected chi connectivity index (χ3v) is 8.36. The molecule has 1 fully saturated rings. The number of ether oxygens (including phenoxy) is 1. The lowest BCUT2D eigenvalue weighted by molar-refractivity contribution is 0.0992. The van der Waals surface area contributed by atoms with Crippen molar-refractivity contribution in [1.29, 1.82) is 0 Å². The molecule has 2 aliphatic rings. The molecule has 4 rings (SSSR count). The van der Waals surface area contributed by atoms with Crippen LogP contribution in [0.25, 0.3) is 0 Å². The maximum absolute atomic E-state index is 13.5. The van der Waals surface area contributed by atoms with Crippen LogP contribution >= 0.6 is 23.2 Å². The van der Waals surface area contributed by atoms with Crippen molar-refractivity contribution in [2.24, 2.45) is 5.92 Å². The third-order valence-electron chi connectivity index (χ3n) is 5.84. The van der Waals surface area contributed by atoms with Crippen LogP contribution in [0.3, 0.4) is 0 Å². The first-order valence-electron chi connectivity index (χ1n) is 10.7. The molecule has 1 saturated heterocycles. The van der Waals surface area contributed by atoms with Gasteiger partial charge in [0.05, 0.1) is 28.8 Å². The Hall–Kier alpha value is -1.91. The number of carbonyl (C=O) groups excluding carboxylic acids is 1. The normalized spacial score (nSPS) is 21.4. The maximum atomic E-state index is 13.5. The lowest BCUT2D eigenvalue weighted by Crippen LogP contribution is -2.53. The molecular weight excluding hydrogens is 489 g/mol. The highest BCUT2D eigenvalue weighted by molar-refractivity contribution is 7.90. The topological polar surface area (TPSA) is 100 Å². The number of hydrogen-bond acceptors (Lipinski definition) is 6. The third kappa shape index (κ3) is 4.97. The molecule has 1 aromatic heterocycles. The van der Waals surface area contributed by atoms with Crippen molar-refractivity contribution in [2.75, 3.05) is 30.5 Å². The van der Waals surface area contributed by atoms with Gasteiger partial charge in [-0.05, 0) is 42.5 Å². The maximum Gasteiger partial charge on any atom is 0.304 e. The Labute approximate surface area is 203 Å². The first kappa shape index (κ1) is 24.2. The number of anilines is 1. The molecule has 2 aliphatic heterocycles. The van der Waals surface area contributed by atoms with Crippen molar-refractivity contribution >= 4 is 44.9 Å². The van der Waals surface area contributed by atoms with Gasteiger partial charge in [-0.15, -0.1) is 0 Å². The molecule has 33 heavy (non-hydrogen) atoms. The predicted octanol–water partition coefficient (Wildman–Crippen LogP) is 3.35. The number of fused-ring (bicyclic) bond motifs is 1. The summed E-state index contributed by atoms with van der Waals surface area (Å²) in [7, 11) is -3.88. The minimum absolute atomic E-state index is 0.0495. The number of pyridine rings is 1. The number of piperidine rings is 1. The number of halogens is 2. The van der Waals surface area contributed by atoms with E-state index in [4.69, 9.17) is 27.9 Å². The molecule has 2 atom stereocenters. The molecule has 0 amide bonds. The number of nitrogens with zero attached hydrogens (tertiary/aromatic N) is 3. The van der Waals surface area contributed by atoms with Gasteiger partial charge in [-0.3, -0.25) is 4.79 Å². The van der Waals surface area contributed by atoms with Crippen LogP contribution in [0.5, 0.6) is 5.88 Å². The number of aliphatic hydroxyl groups excluding tert-OH is 1. The second kappa shape index (κ2) is 9.76. The second-order valence-corrected chi connectivity index (χ2v) is 11.1. The van der Waals surface area contributed by atoms with E-state index in [1.54, 1.807) is 24.3 Å². The van der Waals surface area contributed by atoms with Crippen molar-refractivity contribution in [1.82, 2.24) is 9.29 Å². The number of carbonyl (C=O) groups is 1. The SMILES string of the molecule is C[C@H]1CCCN(S(=O)(=O)N2C[C@H](CO)Oc3ncc(CC(=O)c4c(Cl)cccc4Cl)cc32)C1. The van der Waals surface area contributed by atoms with Crippen molar-refractivity contribution < 1.29 is 23.1 Å². The van der Waals surface area contributed by atoms with Gasteiger partial charge < -0.3 is 9.84 Å². The average molecular weight is 514 g/mol. The highest BCUT2D eigenvalue weighted by atomic mass is 35.5. The van der Waals surface area contributed by atoms with E-state index in [9.17, 15) is 18.3 Å². The summed E-state index contributed by atoms with van der Waals surface area (Å²) in [5.74, 6) is 0.0441. The highest BCUT2D eigenvalue weighted by Crippen LogP contribution is 2.36. The molecule has 0 unspecified atom stereocenters. The Morgan fingerprint density at radius 3 is 2.67 bits per heavy atom. The van der Waals surface area contributed by atoms with Crippen molar-refractivity contribution in [3.8, 4) is 5.88 Å². The standard InChI is InChI=1S/C22H25Cl2N3O5S/c1-14-4-3-7-26(11-14)33(30,31)27-12-16(13-28)32-22-19(27)8-15(10-25-22)9-20(29)21-17(23)5-2-6-18(21)24/h2,5-6,8,10,14,16,28H,3-4,7,9,11-13H2,1H3/t14-,16+/m0/s1. The van der Waals surface area contributed by atoms with Crippen LogP contribution in [-0.4, -0.2) is 60.9 Å². The molecule has 0 saturated carbocycles. The van der Waals surface area contributed by atoms with E-state index in [1.165, 1.54) is 14.8 Å². The van der Waals surface area contributed by atoms with Gasteiger partial charge in [-0.1, -0.05) is 36.2 Å². The van der Waals surface area contributed by atoms with Gasteiger partial charge in [0, 0.05) is 25.7 Å². The van der Waals surface area contributed by atoms with Crippen LogP contribution in [0.1, 0.15) is 35.7 Å². The van der Waals surface area contributed by atoms with E-state index in [0.29, 0.717) is 18.7 Å². The monoisotopic (exact) mass is 513 g/mol. The quantitative estimate of drug-likeness (QED) is 0.594. The molecule has 11 heteroatoms. The Kier molecular flexibility index (Phi) is 7.16. The largest absolute Gasteiger partial charge is 0.468 e. The number of benzene rings is 1. The van der Waals surface area contributed by atoms with Crippen molar-refractivity contribution in [2.45, 2.75) is 32.3 Å². The van der Waals surface area contributed by atoms with E-state index in [0.717, 1.165) is 12.8 Å². The zero-order valence-electron chi connectivity index (χ0n) is 18.1. The van der Waals surface area contributed by atoms with Gasteiger partial charge in [0.15, 0.2) is 5.78 Å². The first-order chi connectivity index (χ1) is 15.7. The molecule has 1 N–H and O–H groups in total. The molecule has 3 heterocycles. The van der Waals surface area contributed by atoms with E-state index in [-0.39, 0.29) is 58.4 Å². The average Bonchev–Trinajstić information content (AvgIpc) is 2.78. The summed E-state index contributed by atoms with van der Waals surface area (Å²) in [6.07, 6.45) is 2.41. The minimum Gasteiger partial charge on any atom is -0.468 e. The van der Waals surface area contributed by atoms with Crippen LogP contribution in [0.4, 0.5) is 5.69 Å². The lowest BCUT2D eigenvalue weighted by atomic mass is 10.0. The van der Waals surface area contributed by atoms with Gasteiger partial charge >= 0.3 is 10.2 Å². The number of Topliss-reactive ketones (excluding diaryl/α,β-unsaturated/α-hetero) is 1. The van der Waals surface area contributed by atoms with Gasteiger partial charge in [-0.25, -0.2) is 9.29 Å². The summed E-state index contributed by atoms with van der Waals surface area (Å²) in [6.45, 7) is 2.48. The van der Waals surface area contributed by atoms with Crippen LogP contribution in [-0.2, 0) is 16.6 Å². The highest BCUT2D eigenvalue weighted by Gasteiger charge is 2.39. The number of aliphatic hydroxyl groups is 1. The zero-order chi connectivity index (χ0) is 23.8. The zero-order valence-corrected chi connectivity index (χ0v) is 20.4. The summed E-state index contributed by atoms with van der Waals surface area (Å²) in [6, 6.07) is 6.41. The fraction of sp³-hybridized carbons (Fsp3) is 0.455. The van der Waals surface area contributed by atoms with Crippen LogP contribution < -0.4 is 9.04 Å². The van der Waals surface area contributed by atoms with Crippen molar-refractivity contribution in [3.05, 3.63) is 51.6 Å². The van der Waals surface area contributed by atoms with E-state index >= 15 is 0 Å². The van der Waals surface area contributed by atoms with Gasteiger partial charge in [-0.2, -0.15) is 12.7 Å². The molecule has 1 aromatic carbocycles. The molecule has 0 aliphatic carbocycles. The van der Waals surface area contributed by atoms with Crippen LogP contribution in [0.15, 0.2) is 30.5 Å².